The lowest BCUT2D eigenvalue weighted by molar-refractivity contribution is -0.160. The van der Waals surface area contributed by atoms with Crippen molar-refractivity contribution in [2.45, 2.75) is 43.2 Å². The van der Waals surface area contributed by atoms with Crippen molar-refractivity contribution >= 4 is 17.6 Å². The minimum Gasteiger partial charge on any atom is -0.469 e. The Morgan fingerprint density at radius 2 is 2.25 bits per heavy atom. The van der Waals surface area contributed by atoms with Crippen LogP contribution in [0, 0.1) is 29.2 Å². The van der Waals surface area contributed by atoms with Crippen LogP contribution in [0.5, 0.6) is 0 Å². The van der Waals surface area contributed by atoms with E-state index in [1.807, 2.05) is 24.3 Å². The van der Waals surface area contributed by atoms with Gasteiger partial charge in [0.05, 0.1) is 30.6 Å². The average molecular weight is 438 g/mol. The second kappa shape index (κ2) is 8.69. The van der Waals surface area contributed by atoms with Gasteiger partial charge in [0, 0.05) is 23.7 Å². The SMILES string of the molecule is COC(=O)[C@@H]1[C@H]2C[C@@H]([C@@]3(CCN=[N+]=[N-])C(=O)Nc4ccccc43)N(C#N)C[C@@H]2CC[C@@H]1O. The van der Waals surface area contributed by atoms with E-state index in [-0.39, 0.29) is 30.7 Å². The molecule has 10 heteroatoms. The topological polar surface area (TPSA) is 151 Å². The first kappa shape index (κ1) is 21.9. The van der Waals surface area contributed by atoms with Crippen LogP contribution in [0.4, 0.5) is 5.69 Å². The summed E-state index contributed by atoms with van der Waals surface area (Å²) in [6.45, 7) is 0.482. The van der Waals surface area contributed by atoms with Gasteiger partial charge in [0.25, 0.3) is 0 Å². The minimum atomic E-state index is -1.12. The van der Waals surface area contributed by atoms with Crippen molar-refractivity contribution in [3.8, 4) is 6.19 Å². The largest absolute Gasteiger partial charge is 0.469 e. The van der Waals surface area contributed by atoms with Crippen LogP contribution in [0.2, 0.25) is 0 Å². The van der Waals surface area contributed by atoms with Gasteiger partial charge >= 0.3 is 5.97 Å². The van der Waals surface area contributed by atoms with Gasteiger partial charge in [-0.25, -0.2) is 0 Å². The zero-order valence-corrected chi connectivity index (χ0v) is 17.8. The highest BCUT2D eigenvalue weighted by atomic mass is 16.5. The first-order chi connectivity index (χ1) is 15.5. The van der Waals surface area contributed by atoms with E-state index in [0.29, 0.717) is 31.5 Å². The molecule has 0 aromatic heterocycles. The van der Waals surface area contributed by atoms with Crippen LogP contribution in [0.3, 0.4) is 0 Å². The van der Waals surface area contributed by atoms with Crippen molar-refractivity contribution in [2.75, 3.05) is 25.5 Å². The van der Waals surface area contributed by atoms with Gasteiger partial charge in [0.2, 0.25) is 5.91 Å². The molecular formula is C22H26N6O4. The Hall–Kier alpha value is -3.28. The van der Waals surface area contributed by atoms with E-state index in [4.69, 9.17) is 10.3 Å². The fourth-order valence-corrected chi connectivity index (χ4v) is 6.09. The molecule has 3 aliphatic rings. The van der Waals surface area contributed by atoms with Crippen molar-refractivity contribution in [1.82, 2.24) is 4.90 Å². The Morgan fingerprint density at radius 3 is 2.97 bits per heavy atom. The average Bonchev–Trinajstić information content (AvgIpc) is 3.09. The van der Waals surface area contributed by atoms with Gasteiger partial charge in [-0.3, -0.25) is 9.59 Å². The van der Waals surface area contributed by atoms with Crippen molar-refractivity contribution in [3.05, 3.63) is 40.3 Å². The number of nitrogens with zero attached hydrogens (tertiary/aromatic N) is 5. The second-order valence-corrected chi connectivity index (χ2v) is 8.80. The number of azide groups is 1. The number of rotatable bonds is 5. The lowest BCUT2D eigenvalue weighted by atomic mass is 9.60. The zero-order valence-electron chi connectivity index (χ0n) is 17.8. The van der Waals surface area contributed by atoms with Gasteiger partial charge < -0.3 is 20.1 Å². The summed E-state index contributed by atoms with van der Waals surface area (Å²) in [5.41, 5.74) is 9.13. The number of nitrogens with one attached hydrogen (secondary N) is 1. The Kier molecular flexibility index (Phi) is 5.96. The molecule has 4 rings (SSSR count). The zero-order chi connectivity index (χ0) is 22.9. The van der Waals surface area contributed by atoms with Crippen LogP contribution >= 0.6 is 0 Å². The number of carbonyl (C=O) groups excluding carboxylic acids is 2. The molecule has 0 spiro atoms. The number of nitriles is 1. The summed E-state index contributed by atoms with van der Waals surface area (Å²) in [5, 5.41) is 27.2. The molecule has 2 heterocycles. The van der Waals surface area contributed by atoms with Crippen molar-refractivity contribution in [3.63, 3.8) is 0 Å². The highest BCUT2D eigenvalue weighted by Crippen LogP contribution is 2.51. The van der Waals surface area contributed by atoms with E-state index < -0.39 is 29.4 Å². The van der Waals surface area contributed by atoms with Crippen molar-refractivity contribution in [1.29, 1.82) is 5.26 Å². The molecular weight excluding hydrogens is 412 g/mol. The maximum Gasteiger partial charge on any atom is 0.311 e. The van der Waals surface area contributed by atoms with Crippen LogP contribution < -0.4 is 5.32 Å². The highest BCUT2D eigenvalue weighted by Gasteiger charge is 2.58. The Balaban J connectivity index is 1.80. The molecule has 10 nitrogen and oxygen atoms in total. The Bertz CT molecular complexity index is 1000. The van der Waals surface area contributed by atoms with E-state index in [9.17, 15) is 20.0 Å². The molecule has 2 fully saturated rings. The molecule has 6 atom stereocenters. The Labute approximate surface area is 185 Å². The highest BCUT2D eigenvalue weighted by molar-refractivity contribution is 6.07. The molecule has 2 aliphatic heterocycles. The molecule has 1 aromatic carbocycles. The van der Waals surface area contributed by atoms with Crippen LogP contribution in [-0.4, -0.2) is 54.2 Å². The lowest BCUT2D eigenvalue weighted by Crippen LogP contribution is -2.61. The molecule has 1 aliphatic carbocycles. The number of likely N-dealkylation sites (tertiary alicyclic amines) is 1. The van der Waals surface area contributed by atoms with Gasteiger partial charge in [0.1, 0.15) is 0 Å². The summed E-state index contributed by atoms with van der Waals surface area (Å²) in [6.07, 6.45) is 3.21. The van der Waals surface area contributed by atoms with E-state index in [1.165, 1.54) is 7.11 Å². The summed E-state index contributed by atoms with van der Waals surface area (Å²) < 4.78 is 4.99. The number of carbonyl (C=O) groups is 2. The van der Waals surface area contributed by atoms with E-state index in [2.05, 4.69) is 21.5 Å². The summed E-state index contributed by atoms with van der Waals surface area (Å²) in [6, 6.07) is 6.78. The summed E-state index contributed by atoms with van der Waals surface area (Å²) >= 11 is 0. The third kappa shape index (κ3) is 3.34. The summed E-state index contributed by atoms with van der Waals surface area (Å²) in [5.74, 6) is -1.60. The molecule has 1 amide bonds. The number of hydrogen-bond acceptors (Lipinski definition) is 7. The smallest absolute Gasteiger partial charge is 0.311 e. The van der Waals surface area contributed by atoms with E-state index in [1.54, 1.807) is 4.90 Å². The number of esters is 1. The van der Waals surface area contributed by atoms with Gasteiger partial charge in [-0.05, 0) is 54.7 Å². The number of ether oxygens (including phenoxy) is 1. The number of para-hydroxylation sites is 1. The summed E-state index contributed by atoms with van der Waals surface area (Å²) in [7, 11) is 1.31. The van der Waals surface area contributed by atoms with Crippen molar-refractivity contribution < 1.29 is 19.4 Å². The van der Waals surface area contributed by atoms with Gasteiger partial charge in [0.15, 0.2) is 6.19 Å². The van der Waals surface area contributed by atoms with Gasteiger partial charge in [-0.15, -0.1) is 0 Å². The predicted molar refractivity (Wildman–Crippen MR) is 114 cm³/mol. The molecule has 0 bridgehead atoms. The van der Waals surface area contributed by atoms with Crippen LogP contribution in [0.25, 0.3) is 10.4 Å². The number of fused-ring (bicyclic) bond motifs is 2. The van der Waals surface area contributed by atoms with Crippen LogP contribution in [-0.2, 0) is 19.7 Å². The number of methoxy groups -OCH3 is 1. The first-order valence-electron chi connectivity index (χ1n) is 10.8. The third-order valence-electron chi connectivity index (χ3n) is 7.52. The fourth-order valence-electron chi connectivity index (χ4n) is 6.09. The number of piperidine rings is 1. The van der Waals surface area contributed by atoms with E-state index >= 15 is 0 Å². The number of benzene rings is 1. The number of aliphatic hydroxyl groups excluding tert-OH is 1. The predicted octanol–water partition coefficient (Wildman–Crippen LogP) is 2.31. The lowest BCUT2D eigenvalue weighted by Gasteiger charge is -2.52. The Morgan fingerprint density at radius 1 is 1.47 bits per heavy atom. The normalized spacial score (nSPS) is 33.2. The molecule has 1 aromatic rings. The number of anilines is 1. The number of amides is 1. The van der Waals surface area contributed by atoms with Crippen LogP contribution in [0.15, 0.2) is 29.4 Å². The molecule has 0 unspecified atom stereocenters. The number of hydrogen-bond donors (Lipinski definition) is 2. The standard InChI is InChI=1S/C22H26N6O4/c1-32-20(30)19-14-10-18(28(12-23)11-13(14)6-7-17(19)29)22(8-9-25-27-24)15-4-2-3-5-16(15)26-21(22)31/h2-5,13-14,17-19,29H,6-11H2,1H3,(H,26,31)/t13-,14-,17-,18-,19+,22-/m0/s1. The quantitative estimate of drug-likeness (QED) is 0.237. The third-order valence-corrected chi connectivity index (χ3v) is 7.52. The monoisotopic (exact) mass is 438 g/mol. The fraction of sp³-hybridized carbons (Fsp3) is 0.591. The van der Waals surface area contributed by atoms with Gasteiger partial charge in [-0.1, -0.05) is 23.3 Å². The van der Waals surface area contributed by atoms with Crippen molar-refractivity contribution in [2.24, 2.45) is 22.9 Å². The van der Waals surface area contributed by atoms with Gasteiger partial charge in [-0.2, -0.15) is 5.26 Å². The van der Waals surface area contributed by atoms with Crippen LogP contribution in [0.1, 0.15) is 31.2 Å². The summed E-state index contributed by atoms with van der Waals surface area (Å²) in [4.78, 5) is 30.5. The van der Waals surface area contributed by atoms with E-state index in [0.717, 1.165) is 5.56 Å². The molecule has 168 valence electrons. The number of aliphatic hydroxyl groups is 1. The second-order valence-electron chi connectivity index (χ2n) is 8.80. The molecule has 1 saturated carbocycles. The molecule has 2 N–H and O–H groups in total. The molecule has 0 radical (unpaired) electrons. The first-order valence-corrected chi connectivity index (χ1v) is 10.8. The molecule has 32 heavy (non-hydrogen) atoms. The maximum atomic E-state index is 13.5. The minimum absolute atomic E-state index is 0.0345. The maximum absolute atomic E-state index is 13.5. The molecule has 1 saturated heterocycles.